The molecule has 180 valence electrons. The van der Waals surface area contributed by atoms with Crippen molar-refractivity contribution in [3.05, 3.63) is 94.0 Å². The predicted octanol–water partition coefficient (Wildman–Crippen LogP) is 5.31. The van der Waals surface area contributed by atoms with Crippen LogP contribution < -0.4 is 10.3 Å². The molecule has 0 fully saturated rings. The van der Waals surface area contributed by atoms with Gasteiger partial charge in [0, 0.05) is 24.4 Å². The molecular formula is C27H26FN3O3S. The van der Waals surface area contributed by atoms with E-state index in [0.29, 0.717) is 46.2 Å². The number of rotatable bonds is 8. The highest BCUT2D eigenvalue weighted by molar-refractivity contribution is 7.98. The van der Waals surface area contributed by atoms with Gasteiger partial charge in [-0.2, -0.15) is 0 Å². The van der Waals surface area contributed by atoms with Crippen LogP contribution in [-0.2, 0) is 5.75 Å². The van der Waals surface area contributed by atoms with Crippen LogP contribution in [0.1, 0.15) is 29.8 Å². The number of methoxy groups -OCH3 is 1. The number of carbonyl (C=O) groups excluding carboxylic acids is 1. The lowest BCUT2D eigenvalue weighted by Crippen LogP contribution is -2.30. The van der Waals surface area contributed by atoms with Crippen molar-refractivity contribution >= 4 is 28.6 Å². The summed E-state index contributed by atoms with van der Waals surface area (Å²) < 4.78 is 20.4. The second kappa shape index (κ2) is 10.7. The topological polar surface area (TPSA) is 64.4 Å². The summed E-state index contributed by atoms with van der Waals surface area (Å²) in [6.45, 7) is 5.04. The van der Waals surface area contributed by atoms with Crippen molar-refractivity contribution in [3.8, 4) is 11.4 Å². The molecule has 0 bridgehead atoms. The number of carbonyl (C=O) groups is 1. The molecule has 0 radical (unpaired) electrons. The maximum Gasteiger partial charge on any atom is 0.266 e. The zero-order chi connectivity index (χ0) is 24.9. The molecule has 4 aromatic rings. The summed E-state index contributed by atoms with van der Waals surface area (Å²) >= 11 is 1.38. The normalized spacial score (nSPS) is 11.0. The van der Waals surface area contributed by atoms with Gasteiger partial charge in [0.15, 0.2) is 5.16 Å². The van der Waals surface area contributed by atoms with Crippen LogP contribution in [0.4, 0.5) is 4.39 Å². The van der Waals surface area contributed by atoms with Gasteiger partial charge in [-0.3, -0.25) is 14.2 Å². The maximum atomic E-state index is 13.6. The van der Waals surface area contributed by atoms with Crippen molar-refractivity contribution < 1.29 is 13.9 Å². The Morgan fingerprint density at radius 3 is 2.49 bits per heavy atom. The van der Waals surface area contributed by atoms with Crippen LogP contribution >= 0.6 is 11.8 Å². The molecule has 3 aromatic carbocycles. The molecule has 0 aliphatic heterocycles. The molecule has 0 unspecified atom stereocenters. The first kappa shape index (κ1) is 24.5. The molecule has 35 heavy (non-hydrogen) atoms. The summed E-state index contributed by atoms with van der Waals surface area (Å²) in [6, 6.07) is 18.4. The van der Waals surface area contributed by atoms with Gasteiger partial charge in [0.05, 0.1) is 23.7 Å². The lowest BCUT2D eigenvalue weighted by molar-refractivity contribution is 0.0773. The van der Waals surface area contributed by atoms with E-state index in [-0.39, 0.29) is 17.3 Å². The SMILES string of the molecule is CCN(CC)C(=O)c1ccc2c(=O)n(-c3ccc(F)cc3)c(SCc3cccc(OC)c3)nc2c1. The molecule has 4 rings (SSSR count). The summed E-state index contributed by atoms with van der Waals surface area (Å²) in [5.41, 5.74) is 2.16. The van der Waals surface area contributed by atoms with E-state index in [2.05, 4.69) is 0 Å². The Morgan fingerprint density at radius 1 is 1.06 bits per heavy atom. The van der Waals surface area contributed by atoms with Gasteiger partial charge in [-0.05, 0) is 74.0 Å². The Labute approximate surface area is 207 Å². The Kier molecular flexibility index (Phi) is 7.51. The number of hydrogen-bond acceptors (Lipinski definition) is 5. The molecule has 0 atom stereocenters. The maximum absolute atomic E-state index is 13.6. The molecule has 0 N–H and O–H groups in total. The summed E-state index contributed by atoms with van der Waals surface area (Å²) in [5.74, 6) is 0.784. The highest BCUT2D eigenvalue weighted by Crippen LogP contribution is 2.26. The second-order valence-corrected chi connectivity index (χ2v) is 8.80. The number of thioether (sulfide) groups is 1. The smallest absolute Gasteiger partial charge is 0.266 e. The van der Waals surface area contributed by atoms with Crippen molar-refractivity contribution in [2.45, 2.75) is 24.8 Å². The number of nitrogens with zero attached hydrogens (tertiary/aromatic N) is 3. The molecule has 0 spiro atoms. The fourth-order valence-corrected chi connectivity index (χ4v) is 4.77. The number of benzene rings is 3. The van der Waals surface area contributed by atoms with Crippen LogP contribution in [0.3, 0.4) is 0 Å². The van der Waals surface area contributed by atoms with Crippen LogP contribution in [0, 0.1) is 5.82 Å². The highest BCUT2D eigenvalue weighted by atomic mass is 32.2. The van der Waals surface area contributed by atoms with Crippen LogP contribution in [-0.4, -0.2) is 40.6 Å². The van der Waals surface area contributed by atoms with Crippen LogP contribution in [0.5, 0.6) is 5.75 Å². The van der Waals surface area contributed by atoms with E-state index < -0.39 is 0 Å². The van der Waals surface area contributed by atoms with E-state index in [1.165, 1.54) is 28.5 Å². The van der Waals surface area contributed by atoms with Gasteiger partial charge < -0.3 is 9.64 Å². The highest BCUT2D eigenvalue weighted by Gasteiger charge is 2.18. The van der Waals surface area contributed by atoms with Crippen molar-refractivity contribution in [1.29, 1.82) is 0 Å². The summed E-state index contributed by atoms with van der Waals surface area (Å²) in [6.07, 6.45) is 0. The Morgan fingerprint density at radius 2 is 1.80 bits per heavy atom. The van der Waals surface area contributed by atoms with E-state index in [1.807, 2.05) is 38.1 Å². The average Bonchev–Trinajstić information content (AvgIpc) is 2.88. The number of fused-ring (bicyclic) bond motifs is 1. The first-order chi connectivity index (χ1) is 16.9. The number of hydrogen-bond donors (Lipinski definition) is 0. The molecule has 1 aromatic heterocycles. The largest absolute Gasteiger partial charge is 0.497 e. The van der Waals surface area contributed by atoms with Crippen LogP contribution in [0.15, 0.2) is 76.7 Å². The molecule has 6 nitrogen and oxygen atoms in total. The summed E-state index contributed by atoms with van der Waals surface area (Å²) in [5, 5.41) is 0.834. The first-order valence-electron chi connectivity index (χ1n) is 11.3. The minimum Gasteiger partial charge on any atom is -0.497 e. The first-order valence-corrected chi connectivity index (χ1v) is 12.3. The van der Waals surface area contributed by atoms with Crippen LogP contribution in [0.2, 0.25) is 0 Å². The number of aromatic nitrogens is 2. The zero-order valence-electron chi connectivity index (χ0n) is 19.8. The Hall–Kier alpha value is -3.65. The predicted molar refractivity (Wildman–Crippen MR) is 137 cm³/mol. The minimum atomic E-state index is -0.388. The number of amides is 1. The average molecular weight is 492 g/mol. The molecule has 1 heterocycles. The van der Waals surface area contributed by atoms with E-state index in [4.69, 9.17) is 9.72 Å². The molecule has 0 aliphatic carbocycles. The third-order valence-corrected chi connectivity index (χ3v) is 6.73. The third-order valence-electron chi connectivity index (χ3n) is 5.72. The summed E-state index contributed by atoms with van der Waals surface area (Å²) in [4.78, 5) is 32.9. The van der Waals surface area contributed by atoms with Crippen molar-refractivity contribution in [1.82, 2.24) is 14.5 Å². The van der Waals surface area contributed by atoms with Gasteiger partial charge >= 0.3 is 0 Å². The number of ether oxygens (including phenoxy) is 1. The van der Waals surface area contributed by atoms with E-state index >= 15 is 0 Å². The van der Waals surface area contributed by atoms with E-state index in [9.17, 15) is 14.0 Å². The third kappa shape index (κ3) is 5.22. The van der Waals surface area contributed by atoms with Crippen molar-refractivity contribution in [3.63, 3.8) is 0 Å². The van der Waals surface area contributed by atoms with Gasteiger partial charge in [0.1, 0.15) is 11.6 Å². The van der Waals surface area contributed by atoms with E-state index in [1.54, 1.807) is 42.3 Å². The van der Waals surface area contributed by atoms with Crippen molar-refractivity contribution in [2.24, 2.45) is 0 Å². The van der Waals surface area contributed by atoms with Crippen LogP contribution in [0.25, 0.3) is 16.6 Å². The van der Waals surface area contributed by atoms with Crippen molar-refractivity contribution in [2.75, 3.05) is 20.2 Å². The Balaban J connectivity index is 1.82. The van der Waals surface area contributed by atoms with Gasteiger partial charge in [0.2, 0.25) is 0 Å². The monoisotopic (exact) mass is 491 g/mol. The van der Waals surface area contributed by atoms with Gasteiger partial charge in [-0.15, -0.1) is 0 Å². The lowest BCUT2D eigenvalue weighted by atomic mass is 10.1. The van der Waals surface area contributed by atoms with Gasteiger partial charge in [-0.1, -0.05) is 23.9 Å². The minimum absolute atomic E-state index is 0.105. The quantitative estimate of drug-likeness (QED) is 0.247. The number of halogens is 1. The molecular weight excluding hydrogens is 465 g/mol. The fourth-order valence-electron chi connectivity index (χ4n) is 3.82. The molecule has 1 amide bonds. The van der Waals surface area contributed by atoms with Gasteiger partial charge in [0.25, 0.3) is 11.5 Å². The molecule has 0 saturated carbocycles. The zero-order valence-corrected chi connectivity index (χ0v) is 20.6. The van der Waals surface area contributed by atoms with Gasteiger partial charge in [-0.25, -0.2) is 9.37 Å². The Bertz CT molecular complexity index is 1420. The molecule has 0 aliphatic rings. The van der Waals surface area contributed by atoms with E-state index in [0.717, 1.165) is 11.3 Å². The molecule has 8 heteroatoms. The fraction of sp³-hybridized carbons (Fsp3) is 0.222. The molecule has 0 saturated heterocycles. The second-order valence-electron chi connectivity index (χ2n) is 7.86. The standard InChI is InChI=1S/C27H26FN3O3S/c1-4-30(5-2)25(32)19-9-14-23-24(16-19)29-27(35-17-18-7-6-8-22(15-18)34-3)31(26(23)33)21-12-10-20(28)11-13-21/h6-16H,4-5,17H2,1-3H3. The lowest BCUT2D eigenvalue weighted by Gasteiger charge is -2.19. The summed E-state index contributed by atoms with van der Waals surface area (Å²) in [7, 11) is 1.61.